The van der Waals surface area contributed by atoms with Gasteiger partial charge in [-0.05, 0) is 6.42 Å². The summed E-state index contributed by atoms with van der Waals surface area (Å²) in [5, 5.41) is -0.854. The first-order valence-electron chi connectivity index (χ1n) is 4.46. The van der Waals surface area contributed by atoms with Crippen LogP contribution in [-0.2, 0) is 17.2 Å². The van der Waals surface area contributed by atoms with Crippen molar-refractivity contribution in [3.63, 3.8) is 0 Å². The number of aromatic amines is 1. The van der Waals surface area contributed by atoms with Gasteiger partial charge in [-0.1, -0.05) is 13.3 Å². The molecular formula is C8H15N2O3S+. The monoisotopic (exact) mass is 219 g/mol. The molecule has 1 heterocycles. The highest BCUT2D eigenvalue weighted by molar-refractivity contribution is 7.86. The largest absolute Gasteiger partial charge is 0.285 e. The van der Waals surface area contributed by atoms with Gasteiger partial charge in [0, 0.05) is 0 Å². The van der Waals surface area contributed by atoms with E-state index in [0.29, 0.717) is 18.7 Å². The molecule has 1 aromatic rings. The average Bonchev–Trinajstić information content (AvgIpc) is 2.45. The van der Waals surface area contributed by atoms with Crippen molar-refractivity contribution in [2.75, 3.05) is 0 Å². The molecule has 0 radical (unpaired) electrons. The summed E-state index contributed by atoms with van der Waals surface area (Å²) in [7, 11) is -2.29. The topological polar surface area (TPSA) is 74.0 Å². The number of hydrogen-bond acceptors (Lipinski definition) is 2. The second kappa shape index (κ2) is 4.10. The molecule has 0 spiro atoms. The Morgan fingerprint density at radius 1 is 1.64 bits per heavy atom. The van der Waals surface area contributed by atoms with Crippen molar-refractivity contribution in [2.45, 2.75) is 25.0 Å². The zero-order valence-corrected chi connectivity index (χ0v) is 9.08. The Bertz CT molecular complexity index is 396. The molecule has 1 atom stereocenters. The number of H-pyrrole nitrogens is 1. The van der Waals surface area contributed by atoms with E-state index in [2.05, 4.69) is 4.98 Å². The number of aryl methyl sites for hydroxylation is 1. The molecule has 0 saturated heterocycles. The first-order chi connectivity index (χ1) is 6.46. The predicted molar refractivity (Wildman–Crippen MR) is 51.2 cm³/mol. The fourth-order valence-corrected chi connectivity index (χ4v) is 2.48. The molecule has 0 aliphatic heterocycles. The Morgan fingerprint density at radius 2 is 2.29 bits per heavy atom. The summed E-state index contributed by atoms with van der Waals surface area (Å²) < 4.78 is 32.9. The van der Waals surface area contributed by atoms with E-state index in [9.17, 15) is 8.42 Å². The highest BCUT2D eigenvalue weighted by Crippen LogP contribution is 2.22. The van der Waals surface area contributed by atoms with Crippen molar-refractivity contribution < 1.29 is 17.5 Å². The van der Waals surface area contributed by atoms with E-state index in [1.54, 1.807) is 24.0 Å². The van der Waals surface area contributed by atoms with Crippen LogP contribution in [0.15, 0.2) is 12.4 Å². The van der Waals surface area contributed by atoms with Gasteiger partial charge in [0.25, 0.3) is 15.9 Å². The van der Waals surface area contributed by atoms with Crippen LogP contribution in [0.3, 0.4) is 0 Å². The molecule has 0 aliphatic rings. The van der Waals surface area contributed by atoms with Crippen LogP contribution in [0.5, 0.6) is 0 Å². The minimum atomic E-state index is -4.02. The lowest BCUT2D eigenvalue weighted by molar-refractivity contribution is -0.678. The van der Waals surface area contributed by atoms with Crippen LogP contribution in [0.2, 0.25) is 0 Å². The number of rotatable bonds is 4. The zero-order chi connectivity index (χ0) is 10.8. The zero-order valence-electron chi connectivity index (χ0n) is 8.27. The van der Waals surface area contributed by atoms with E-state index in [1.165, 1.54) is 0 Å². The van der Waals surface area contributed by atoms with E-state index < -0.39 is 15.4 Å². The van der Waals surface area contributed by atoms with Crippen LogP contribution < -0.4 is 4.57 Å². The minimum absolute atomic E-state index is 0.410. The lowest BCUT2D eigenvalue weighted by Gasteiger charge is -2.07. The van der Waals surface area contributed by atoms with E-state index in [-0.39, 0.29) is 0 Å². The van der Waals surface area contributed by atoms with Crippen molar-refractivity contribution in [2.24, 2.45) is 7.05 Å². The first-order valence-corrected chi connectivity index (χ1v) is 5.96. The summed E-state index contributed by atoms with van der Waals surface area (Å²) in [6, 6.07) is 0. The van der Waals surface area contributed by atoms with Crippen LogP contribution >= 0.6 is 0 Å². The molecule has 80 valence electrons. The fraction of sp³-hybridized carbons (Fsp3) is 0.625. The Morgan fingerprint density at radius 3 is 2.64 bits per heavy atom. The van der Waals surface area contributed by atoms with Gasteiger partial charge in [-0.15, -0.1) is 0 Å². The smallest absolute Gasteiger partial charge is 0.279 e. The van der Waals surface area contributed by atoms with Crippen LogP contribution in [0.25, 0.3) is 0 Å². The summed E-state index contributed by atoms with van der Waals surface area (Å²) in [5.74, 6) is 0.509. The summed E-state index contributed by atoms with van der Waals surface area (Å²) in [4.78, 5) is 2.82. The van der Waals surface area contributed by atoms with E-state index in [1.807, 2.05) is 6.92 Å². The lowest BCUT2D eigenvalue weighted by atomic mass is 10.2. The van der Waals surface area contributed by atoms with Crippen molar-refractivity contribution in [3.8, 4) is 0 Å². The van der Waals surface area contributed by atoms with Gasteiger partial charge >= 0.3 is 0 Å². The minimum Gasteiger partial charge on any atom is -0.285 e. The van der Waals surface area contributed by atoms with E-state index in [0.717, 1.165) is 0 Å². The maximum Gasteiger partial charge on any atom is 0.279 e. The normalized spacial score (nSPS) is 14.2. The van der Waals surface area contributed by atoms with Crippen LogP contribution in [0.4, 0.5) is 0 Å². The number of nitrogens with one attached hydrogen (secondary N) is 1. The van der Waals surface area contributed by atoms with E-state index >= 15 is 0 Å². The Balaban J connectivity index is 3.07. The van der Waals surface area contributed by atoms with Crippen molar-refractivity contribution in [3.05, 3.63) is 18.2 Å². The second-order valence-corrected chi connectivity index (χ2v) is 4.85. The van der Waals surface area contributed by atoms with Crippen molar-refractivity contribution in [1.82, 2.24) is 4.98 Å². The summed E-state index contributed by atoms with van der Waals surface area (Å²) in [5.41, 5.74) is 0. The van der Waals surface area contributed by atoms with Gasteiger partial charge in [-0.25, -0.2) is 9.55 Å². The molecule has 2 N–H and O–H groups in total. The first kappa shape index (κ1) is 11.2. The Kier molecular flexibility index (Phi) is 3.28. The average molecular weight is 219 g/mol. The summed E-state index contributed by atoms with van der Waals surface area (Å²) in [6.07, 6.45) is 4.46. The fourth-order valence-electron chi connectivity index (χ4n) is 1.43. The third kappa shape index (κ3) is 2.33. The molecule has 5 nitrogen and oxygen atoms in total. The molecule has 1 aromatic heterocycles. The number of imidazole rings is 1. The predicted octanol–water partition coefficient (Wildman–Crippen LogP) is 0.568. The molecule has 0 bridgehead atoms. The molecule has 6 heteroatoms. The van der Waals surface area contributed by atoms with Gasteiger partial charge in [0.05, 0.1) is 7.05 Å². The molecule has 0 aromatic carbocycles. The third-order valence-corrected chi connectivity index (χ3v) is 3.30. The number of hydrogen-bond donors (Lipinski definition) is 2. The summed E-state index contributed by atoms with van der Waals surface area (Å²) >= 11 is 0. The highest BCUT2D eigenvalue weighted by atomic mass is 32.2. The molecule has 14 heavy (non-hydrogen) atoms. The van der Waals surface area contributed by atoms with Gasteiger partial charge in [0.2, 0.25) is 0 Å². The third-order valence-electron chi connectivity index (χ3n) is 2.12. The van der Waals surface area contributed by atoms with Gasteiger partial charge < -0.3 is 0 Å². The van der Waals surface area contributed by atoms with Gasteiger partial charge in [0.15, 0.2) is 5.25 Å². The maximum absolute atomic E-state index is 11.1. The summed E-state index contributed by atoms with van der Waals surface area (Å²) in [6.45, 7) is 1.88. The van der Waals surface area contributed by atoms with Gasteiger partial charge in [0.1, 0.15) is 12.4 Å². The molecule has 0 fully saturated rings. The highest BCUT2D eigenvalue weighted by Gasteiger charge is 2.32. The molecule has 0 saturated carbocycles. The van der Waals surface area contributed by atoms with Crippen LogP contribution in [0.1, 0.15) is 30.8 Å². The molecule has 1 unspecified atom stereocenters. The molecule has 0 amide bonds. The van der Waals surface area contributed by atoms with Crippen LogP contribution in [-0.4, -0.2) is 18.0 Å². The van der Waals surface area contributed by atoms with Gasteiger partial charge in [-0.2, -0.15) is 8.42 Å². The van der Waals surface area contributed by atoms with Crippen molar-refractivity contribution >= 4 is 10.1 Å². The van der Waals surface area contributed by atoms with Crippen molar-refractivity contribution in [1.29, 1.82) is 0 Å². The van der Waals surface area contributed by atoms with Crippen LogP contribution in [0, 0.1) is 0 Å². The Hall–Kier alpha value is -0.880. The second-order valence-electron chi connectivity index (χ2n) is 3.25. The SMILES string of the molecule is CCCC(c1[nH]cc[n+]1C)S(=O)(=O)O. The standard InChI is InChI=1S/C8H14N2O3S/c1-3-4-7(14(11,12)13)8-9-5-6-10(8)2/h5-7H,3-4H2,1-2H3,(H,11,12,13)/p+1. The maximum atomic E-state index is 11.1. The lowest BCUT2D eigenvalue weighted by Crippen LogP contribution is -2.34. The quantitative estimate of drug-likeness (QED) is 0.574. The Labute approximate surface area is 83.5 Å². The van der Waals surface area contributed by atoms with Gasteiger partial charge in [-0.3, -0.25) is 4.55 Å². The molecule has 0 aliphatic carbocycles. The molecule has 1 rings (SSSR count). The number of nitrogens with zero attached hydrogens (tertiary/aromatic N) is 1. The van der Waals surface area contributed by atoms with E-state index in [4.69, 9.17) is 4.55 Å². The molecular weight excluding hydrogens is 204 g/mol. The number of aromatic nitrogens is 2.